The molecular formula is C42H49ClN12O5. The van der Waals surface area contributed by atoms with Crippen LogP contribution >= 0.6 is 11.6 Å². The molecule has 314 valence electrons. The number of halogens is 1. The zero-order valence-corrected chi connectivity index (χ0v) is 34.9. The Morgan fingerprint density at radius 3 is 2.55 bits per heavy atom. The smallest absolute Gasteiger partial charge is 0.294 e. The number of aromatic nitrogens is 6. The quantitative estimate of drug-likeness (QED) is 0.163. The van der Waals surface area contributed by atoms with E-state index in [1.165, 1.54) is 13.5 Å². The third-order valence-electron chi connectivity index (χ3n) is 12.5. The van der Waals surface area contributed by atoms with E-state index in [2.05, 4.69) is 52.8 Å². The Labute approximate surface area is 351 Å². The predicted molar refractivity (Wildman–Crippen MR) is 228 cm³/mol. The number of fused-ring (bicyclic) bond motifs is 4. The first-order valence-corrected chi connectivity index (χ1v) is 21.1. The topological polar surface area (TPSA) is 185 Å². The molecule has 60 heavy (non-hydrogen) atoms. The molecule has 9 heterocycles. The number of para-hydroxylation sites is 1. The molecule has 5 aliphatic rings. The third-order valence-corrected chi connectivity index (χ3v) is 12.8. The number of carbonyl (C=O) groups excluding carboxylic acids is 3. The van der Waals surface area contributed by atoms with E-state index in [1.807, 2.05) is 37.7 Å². The van der Waals surface area contributed by atoms with Crippen molar-refractivity contribution in [3.63, 3.8) is 0 Å². The summed E-state index contributed by atoms with van der Waals surface area (Å²) in [5, 5.41) is 15.1. The monoisotopic (exact) mass is 836 g/mol. The second-order valence-electron chi connectivity index (χ2n) is 16.6. The molecule has 4 aromatic heterocycles. The van der Waals surface area contributed by atoms with Crippen LogP contribution in [0.25, 0.3) is 21.9 Å². The molecular weight excluding hydrogens is 788 g/mol. The van der Waals surface area contributed by atoms with Gasteiger partial charge in [-0.2, -0.15) is 10.1 Å². The van der Waals surface area contributed by atoms with Gasteiger partial charge in [0.05, 0.1) is 40.9 Å². The van der Waals surface area contributed by atoms with Gasteiger partial charge in [-0.3, -0.25) is 38.6 Å². The number of likely N-dealkylation sites (N-methyl/N-ethyl adjacent to an activating group) is 1. The van der Waals surface area contributed by atoms with Crippen LogP contribution in [0.4, 0.5) is 23.1 Å². The summed E-state index contributed by atoms with van der Waals surface area (Å²) in [6.45, 7) is 8.13. The second kappa shape index (κ2) is 16.0. The number of carbonyl (C=O) groups is 3. The van der Waals surface area contributed by atoms with Crippen molar-refractivity contribution in [1.29, 1.82) is 0 Å². The predicted octanol–water partition coefficient (Wildman–Crippen LogP) is 3.88. The van der Waals surface area contributed by atoms with Crippen molar-refractivity contribution >= 4 is 74.4 Å². The number of ether oxygens (including phenoxy) is 1. The number of rotatable bonds is 11. The van der Waals surface area contributed by atoms with Gasteiger partial charge in [0, 0.05) is 82.1 Å². The molecule has 5 saturated heterocycles. The van der Waals surface area contributed by atoms with Gasteiger partial charge in [0.25, 0.3) is 11.5 Å². The van der Waals surface area contributed by atoms with Gasteiger partial charge in [0.2, 0.25) is 17.8 Å². The number of aryl methyl sites for hydroxylation is 1. The highest BCUT2D eigenvalue weighted by atomic mass is 35.5. The molecule has 0 saturated carbocycles. The lowest BCUT2D eigenvalue weighted by Gasteiger charge is -2.58. The lowest BCUT2D eigenvalue weighted by Crippen LogP contribution is -2.69. The van der Waals surface area contributed by atoms with E-state index in [0.29, 0.717) is 64.4 Å². The molecule has 18 heteroatoms. The molecule has 0 radical (unpaired) electrons. The van der Waals surface area contributed by atoms with Gasteiger partial charge in [-0.05, 0) is 63.6 Å². The average molecular weight is 837 g/mol. The van der Waals surface area contributed by atoms with Crippen LogP contribution in [0.15, 0.2) is 47.5 Å². The summed E-state index contributed by atoms with van der Waals surface area (Å²) in [5.74, 6) is 0.429. The fraction of sp³-hybridized carbons (Fsp3) is 0.476. The molecule has 1 aromatic carbocycles. The molecule has 2 bridgehead atoms. The molecule has 3 unspecified atom stereocenters. The fourth-order valence-corrected chi connectivity index (χ4v) is 9.55. The lowest BCUT2D eigenvalue weighted by molar-refractivity contribution is -0.134. The van der Waals surface area contributed by atoms with Crippen LogP contribution in [0, 0.1) is 5.92 Å². The van der Waals surface area contributed by atoms with E-state index in [4.69, 9.17) is 26.4 Å². The van der Waals surface area contributed by atoms with Gasteiger partial charge in [-0.1, -0.05) is 23.7 Å². The molecule has 5 aromatic rings. The minimum absolute atomic E-state index is 0.0610. The number of hydrogen-bond acceptors (Lipinski definition) is 13. The summed E-state index contributed by atoms with van der Waals surface area (Å²) in [4.78, 5) is 71.0. The van der Waals surface area contributed by atoms with Crippen molar-refractivity contribution in [1.82, 2.24) is 44.8 Å². The number of nitrogens with one attached hydrogen (secondary N) is 3. The van der Waals surface area contributed by atoms with Gasteiger partial charge in [-0.15, -0.1) is 0 Å². The zero-order chi connectivity index (χ0) is 41.8. The Bertz CT molecular complexity index is 2560. The van der Waals surface area contributed by atoms with Crippen LogP contribution < -0.4 is 36.0 Å². The number of piperazine rings is 1. The van der Waals surface area contributed by atoms with Crippen molar-refractivity contribution in [2.24, 2.45) is 13.0 Å². The van der Waals surface area contributed by atoms with Gasteiger partial charge in [-0.25, -0.2) is 9.97 Å². The number of anilines is 4. The Morgan fingerprint density at radius 2 is 1.82 bits per heavy atom. The molecule has 3 N–H and O–H groups in total. The molecule has 0 spiro atoms. The largest absolute Gasteiger partial charge is 0.478 e. The minimum atomic E-state index is -0.426. The van der Waals surface area contributed by atoms with Crippen LogP contribution in [0.2, 0.25) is 5.02 Å². The van der Waals surface area contributed by atoms with E-state index < -0.39 is 5.92 Å². The Balaban J connectivity index is 0.829. The molecule has 5 fully saturated rings. The van der Waals surface area contributed by atoms with E-state index in [9.17, 15) is 19.2 Å². The number of benzene rings is 1. The molecule has 0 aliphatic carbocycles. The number of pyridine rings is 2. The summed E-state index contributed by atoms with van der Waals surface area (Å²) in [6, 6.07) is 10.5. The number of imide groups is 1. The summed E-state index contributed by atoms with van der Waals surface area (Å²) >= 11 is 6.61. The fourth-order valence-electron chi connectivity index (χ4n) is 9.41. The van der Waals surface area contributed by atoms with E-state index in [-0.39, 0.29) is 41.7 Å². The van der Waals surface area contributed by atoms with Crippen molar-refractivity contribution in [2.45, 2.75) is 70.0 Å². The minimum Gasteiger partial charge on any atom is -0.478 e. The standard InChI is InChI=1S/C42H49ClN12O5/c1-23(2)55-39-25(15-33(41(55)59)60-22-35(57)44-3)14-26(17-45-39)47-38-31(43)18-46-42(49-38)52-12-10-24(11-13-52)19-54-27-16-28(54)21-53(20-27)32-7-5-6-29-36(50-51(4)37(29)32)30-8-9-34(56)48-40(30)58/h5-7,14-15,17-18,23-24,27-28,30H,8-13,16,19-22H2,1-4H3,(H,44,57)(H,46,47,49)(H,48,56,58). The van der Waals surface area contributed by atoms with E-state index in [0.717, 1.165) is 67.8 Å². The van der Waals surface area contributed by atoms with E-state index >= 15 is 0 Å². The first-order valence-electron chi connectivity index (χ1n) is 20.7. The maximum atomic E-state index is 13.2. The van der Waals surface area contributed by atoms with Crippen molar-refractivity contribution in [2.75, 3.05) is 61.5 Å². The van der Waals surface area contributed by atoms with Gasteiger partial charge < -0.3 is 25.2 Å². The van der Waals surface area contributed by atoms with Gasteiger partial charge >= 0.3 is 0 Å². The Kier molecular flexibility index (Phi) is 10.6. The van der Waals surface area contributed by atoms with Crippen molar-refractivity contribution < 1.29 is 19.1 Å². The van der Waals surface area contributed by atoms with Gasteiger partial charge in [0.1, 0.15) is 10.7 Å². The first-order chi connectivity index (χ1) is 28.9. The Morgan fingerprint density at radius 1 is 1.03 bits per heavy atom. The maximum Gasteiger partial charge on any atom is 0.294 e. The highest BCUT2D eigenvalue weighted by Gasteiger charge is 2.46. The lowest BCUT2D eigenvalue weighted by atomic mass is 9.84. The van der Waals surface area contributed by atoms with Crippen LogP contribution in [0.1, 0.15) is 63.6 Å². The Hall–Kier alpha value is -5.81. The highest BCUT2D eigenvalue weighted by molar-refractivity contribution is 6.33. The summed E-state index contributed by atoms with van der Waals surface area (Å²) in [5.41, 5.74) is 3.68. The summed E-state index contributed by atoms with van der Waals surface area (Å²) < 4.78 is 9.05. The molecule has 3 amide bonds. The van der Waals surface area contributed by atoms with Crippen molar-refractivity contribution in [3.8, 4) is 5.75 Å². The van der Waals surface area contributed by atoms with Crippen LogP contribution in [0.5, 0.6) is 5.75 Å². The summed E-state index contributed by atoms with van der Waals surface area (Å²) in [7, 11) is 3.45. The number of piperidine rings is 3. The average Bonchev–Trinajstić information content (AvgIpc) is 3.58. The second-order valence-corrected chi connectivity index (χ2v) is 17.0. The normalized spacial score (nSPS) is 21.1. The maximum absolute atomic E-state index is 13.2. The van der Waals surface area contributed by atoms with Crippen molar-refractivity contribution in [3.05, 3.63) is 63.8 Å². The first kappa shape index (κ1) is 39.6. The number of nitrogens with zero attached hydrogens (tertiary/aromatic N) is 9. The summed E-state index contributed by atoms with van der Waals surface area (Å²) in [6.07, 6.45) is 7.31. The highest BCUT2D eigenvalue weighted by Crippen LogP contribution is 2.40. The number of hydrogen-bond donors (Lipinski definition) is 3. The zero-order valence-electron chi connectivity index (χ0n) is 34.2. The molecule has 3 atom stereocenters. The molecule has 10 rings (SSSR count). The SMILES string of the molecule is CNC(=O)COc1cc2cc(Nc3nc(N4CCC(CN5C6CC5CN(c5cccc7c(C8CCC(=O)NC8=O)nn(C)c57)C6)CC4)ncc3Cl)cnc2n(C(C)C)c1=O. The van der Waals surface area contributed by atoms with E-state index in [1.54, 1.807) is 23.0 Å². The number of amides is 3. The molecule has 17 nitrogen and oxygen atoms in total. The molecule has 5 aliphatic heterocycles. The third kappa shape index (κ3) is 7.37. The van der Waals surface area contributed by atoms with Crippen LogP contribution in [-0.4, -0.2) is 110 Å². The van der Waals surface area contributed by atoms with Gasteiger partial charge in [0.15, 0.2) is 18.2 Å². The van der Waals surface area contributed by atoms with Crippen LogP contribution in [-0.2, 0) is 21.4 Å². The van der Waals surface area contributed by atoms with Crippen LogP contribution in [0.3, 0.4) is 0 Å².